The number of carbonyl (C=O) groups excluding carboxylic acids is 7. The molecule has 3 fully saturated rings. The summed E-state index contributed by atoms with van der Waals surface area (Å²) in [6.07, 6.45) is -22.9. The lowest BCUT2D eigenvalue weighted by atomic mass is 9.84. The van der Waals surface area contributed by atoms with Crippen molar-refractivity contribution in [2.24, 2.45) is 17.4 Å². The van der Waals surface area contributed by atoms with Gasteiger partial charge in [0.05, 0.1) is 53.5 Å². The van der Waals surface area contributed by atoms with Gasteiger partial charge in [-0.15, -0.1) is 0 Å². The van der Waals surface area contributed by atoms with Crippen LogP contribution in [0.3, 0.4) is 0 Å². The van der Waals surface area contributed by atoms with Gasteiger partial charge in [0.1, 0.15) is 89.5 Å². The van der Waals surface area contributed by atoms with E-state index >= 15 is 24.0 Å². The molecule has 15 rings (SSSR count). The van der Waals surface area contributed by atoms with E-state index in [1.165, 1.54) is 51.2 Å². The van der Waals surface area contributed by atoms with Gasteiger partial charge in [-0.1, -0.05) is 97.3 Å². The maximum atomic E-state index is 16.6. The van der Waals surface area contributed by atoms with E-state index in [4.69, 9.17) is 72.6 Å². The number of ether oxygens (including phenoxy) is 8. The highest BCUT2D eigenvalue weighted by molar-refractivity contribution is 7.99. The fraction of sp³-hybridized carbons (Fsp3) is 0.419. The summed E-state index contributed by atoms with van der Waals surface area (Å²) in [7, 11) is 1.48. The van der Waals surface area contributed by atoms with E-state index < -0.39 is 261 Å². The number of aliphatic carboxylic acids is 1. The fourth-order valence-electron chi connectivity index (χ4n) is 16.0. The standard InChI is InChI=1S/C86H98Cl2N10O26S/c1-36(2)23-51(91-7)77(109)97-67-69(104)41-16-21-55(49(87)25-41)119-57-27-43-28-58(73(57)124-84-74(71(106)70(105)59(35-99)121-84)123-62-33-86(6,76(108)38(4)118-62)92-34-39-13-18-46(19-14-39)125-45-11-9-8-10-12-45)120-56-22-17-42(26-50(56)88)72(122-61-32-85(5,90)75(107)37(3)117-61)68-82(114)96-66(83(115)116)48-29-44(100)30-54(102)63(48)47-24-40(15-20-53(47)101)64(79(111)98-68)95-80(112)65(43)94-78(110)52(31-60(89)103)93-81(67)113/h8-22,24-30,36-38,51-52,59,61-62,64-72,74-76,84,91-92,99-102,104-108H,23,31-35,90H2,1-7H3,(H2,89,103)(H,93,113)(H,94,110)(H,95,112)(H,96,114)(H,97,109)(H,98,111)(H,115,116)/t37-,38-,51+,52-,59+,61-,62-,64+,65+,66+,67+,68-,69+,70+,71-,72+,74+,75+,76+,84-,85-,86-/m0/s1. The quantitative estimate of drug-likeness (QED) is 0.0505. The van der Waals surface area contributed by atoms with Crippen LogP contribution in [0.15, 0.2) is 143 Å². The van der Waals surface area contributed by atoms with Gasteiger partial charge in [-0.25, -0.2) is 4.79 Å². The second-order valence-corrected chi connectivity index (χ2v) is 34.5. The Morgan fingerprint density at radius 3 is 1.88 bits per heavy atom. The number of halogens is 2. The zero-order chi connectivity index (χ0) is 90.1. The van der Waals surface area contributed by atoms with Gasteiger partial charge in [0.25, 0.3) is 0 Å². The number of phenolic OH excluding ortho intramolecular Hbond substituents is 3. The summed E-state index contributed by atoms with van der Waals surface area (Å²) in [6, 6.07) is 17.2. The Balaban J connectivity index is 1.01. The first-order valence-corrected chi connectivity index (χ1v) is 41.7. The largest absolute Gasteiger partial charge is 0.508 e. The number of likely N-dealkylation sites (N-methyl/N-ethyl adjacent to an activating group) is 1. The highest BCUT2D eigenvalue weighted by Gasteiger charge is 2.53. The monoisotopic (exact) mass is 1790 g/mol. The molecule has 39 heteroatoms. The third-order valence-corrected chi connectivity index (χ3v) is 24.3. The Labute approximate surface area is 730 Å². The van der Waals surface area contributed by atoms with Crippen LogP contribution < -0.4 is 68.2 Å². The molecule has 22 N–H and O–H groups in total. The fourth-order valence-corrected chi connectivity index (χ4v) is 17.3. The topological polar surface area (TPSA) is 561 Å². The Kier molecular flexibility index (Phi) is 28.3. The summed E-state index contributed by atoms with van der Waals surface area (Å²) in [5.74, 6) is -16.1. The molecule has 36 nitrogen and oxygen atoms in total. The summed E-state index contributed by atoms with van der Waals surface area (Å²) >= 11 is 16.2. The van der Waals surface area contributed by atoms with Crippen LogP contribution in [-0.4, -0.2) is 215 Å². The third-order valence-electron chi connectivity index (χ3n) is 22.7. The Morgan fingerprint density at radius 2 is 1.26 bits per heavy atom. The summed E-state index contributed by atoms with van der Waals surface area (Å²) < 4.78 is 52.9. The van der Waals surface area contributed by atoms with Gasteiger partial charge >= 0.3 is 5.97 Å². The number of hydrogen-bond donors (Lipinski definition) is 20. The number of nitrogens with two attached hydrogens (primary N) is 2. The van der Waals surface area contributed by atoms with Crippen molar-refractivity contribution in [3.8, 4) is 57.1 Å². The number of aromatic hydroxyl groups is 3. The van der Waals surface area contributed by atoms with Gasteiger partial charge in [0.2, 0.25) is 53.4 Å². The van der Waals surface area contributed by atoms with E-state index in [0.717, 1.165) is 63.9 Å². The van der Waals surface area contributed by atoms with E-state index in [2.05, 4.69) is 42.5 Å². The minimum atomic E-state index is -2.39. The molecular weight excluding hydrogens is 1690 g/mol. The lowest BCUT2D eigenvalue weighted by Crippen LogP contribution is -2.65. The number of carboxylic acids is 1. The molecule has 0 spiro atoms. The minimum Gasteiger partial charge on any atom is -0.508 e. The number of primary amides is 1. The summed E-state index contributed by atoms with van der Waals surface area (Å²) in [6.45, 7) is 9.12. The number of benzene rings is 7. The third kappa shape index (κ3) is 20.5. The number of amides is 7. The average Bonchev–Trinajstić information content (AvgIpc) is 0.756. The molecule has 8 aliphatic heterocycles. The molecule has 7 aromatic carbocycles. The lowest BCUT2D eigenvalue weighted by molar-refractivity contribution is -0.334. The molecule has 0 saturated carbocycles. The van der Waals surface area contributed by atoms with Crippen LogP contribution >= 0.6 is 35.0 Å². The normalized spacial score (nSPS) is 29.7. The molecule has 8 aliphatic rings. The van der Waals surface area contributed by atoms with Crippen molar-refractivity contribution in [2.45, 2.75) is 217 Å². The summed E-state index contributed by atoms with van der Waals surface area (Å²) in [5, 5.41) is 138. The highest BCUT2D eigenvalue weighted by atomic mass is 35.5. The van der Waals surface area contributed by atoms with Crippen molar-refractivity contribution in [1.82, 2.24) is 42.5 Å². The summed E-state index contributed by atoms with van der Waals surface area (Å²) in [4.78, 5) is 123. The molecule has 0 aliphatic carbocycles. The maximum Gasteiger partial charge on any atom is 0.330 e. The number of nitrogens with one attached hydrogen (secondary N) is 8. The molecule has 22 atom stereocenters. The van der Waals surface area contributed by atoms with Gasteiger partial charge in [-0.2, -0.15) is 0 Å². The first kappa shape index (κ1) is 92.1. The number of rotatable bonds is 20. The van der Waals surface area contributed by atoms with Gasteiger partial charge < -0.3 is 143 Å². The zero-order valence-corrected chi connectivity index (χ0v) is 70.7. The Hall–Kier alpha value is -10.5. The number of fused-ring (bicyclic) bond motifs is 15. The molecule has 7 aromatic rings. The van der Waals surface area contributed by atoms with Gasteiger partial charge in [-0.05, 0) is 154 Å². The van der Waals surface area contributed by atoms with Crippen LogP contribution in [0.5, 0.6) is 46.0 Å². The number of aliphatic hydroxyl groups excluding tert-OH is 6. The van der Waals surface area contributed by atoms with E-state index in [1.54, 1.807) is 25.6 Å². The molecule has 8 heterocycles. The van der Waals surface area contributed by atoms with Crippen molar-refractivity contribution in [1.29, 1.82) is 0 Å². The number of carbonyl (C=O) groups is 8. The van der Waals surface area contributed by atoms with E-state index in [0.29, 0.717) is 0 Å². The number of aliphatic hydroxyl groups is 6. The smallest absolute Gasteiger partial charge is 0.330 e. The van der Waals surface area contributed by atoms with E-state index in [9.17, 15) is 65.4 Å². The second kappa shape index (κ2) is 38.3. The molecule has 11 bridgehead atoms. The van der Waals surface area contributed by atoms with Crippen LogP contribution in [0.25, 0.3) is 11.1 Å². The predicted octanol–water partition coefficient (Wildman–Crippen LogP) is 4.33. The first-order valence-electron chi connectivity index (χ1n) is 40.1. The SMILES string of the molecule is CN[C@H](CC(C)C)C(=O)N[C@H]1C(=O)N[C@@H](CC(N)=O)C(=O)N[C@H]2C(=O)N[C@H]3C(=O)N[C@H](C(=O)N[C@@H](C(=O)O)c4cc(O)cc(O)c4-c4cc3ccc4O)[C@H](O[C@H]3C[C@](C)(N)[C@H](O)[C@H](C)O3)c3ccc(c(Cl)c3)Oc3cc2cc(c3O[C@@H]2O[C@H](CO)[C@@H](O)[C@H](O)[C@H]2O[C@H]2C[C@](C)(NCc3ccc(Sc4ccccc4)cc3)[C@H](O)[C@H](C)O2)Oc2ccc(cc2Cl)[C@H]1O. The molecule has 3 saturated heterocycles. The minimum absolute atomic E-state index is 0.117. The Bertz CT molecular complexity index is 5220. The maximum absolute atomic E-state index is 16.6. The average molecular weight is 1790 g/mol. The van der Waals surface area contributed by atoms with Crippen LogP contribution in [-0.2, 0) is 68.6 Å². The van der Waals surface area contributed by atoms with E-state index in [-0.39, 0.29) is 59.2 Å². The predicted molar refractivity (Wildman–Crippen MR) is 445 cm³/mol. The number of hydrogen-bond acceptors (Lipinski definition) is 29. The molecule has 125 heavy (non-hydrogen) atoms. The number of carboxylic acid groups (broad SMARTS) is 1. The van der Waals surface area contributed by atoms with Crippen molar-refractivity contribution in [3.05, 3.63) is 177 Å². The molecule has 0 aromatic heterocycles. The van der Waals surface area contributed by atoms with Gasteiger partial charge in [0.15, 0.2) is 36.2 Å². The van der Waals surface area contributed by atoms with Gasteiger partial charge in [0, 0.05) is 63.0 Å². The summed E-state index contributed by atoms with van der Waals surface area (Å²) in [5.41, 5.74) is 7.85. The molecule has 668 valence electrons. The van der Waals surface area contributed by atoms with Crippen LogP contribution in [0, 0.1) is 5.92 Å². The molecule has 7 amide bonds. The van der Waals surface area contributed by atoms with Crippen LogP contribution in [0.1, 0.15) is 131 Å². The van der Waals surface area contributed by atoms with Crippen molar-refractivity contribution < 1.29 is 127 Å². The van der Waals surface area contributed by atoms with Crippen LogP contribution in [0.4, 0.5) is 0 Å². The van der Waals surface area contributed by atoms with Gasteiger partial charge in [-0.3, -0.25) is 33.6 Å². The van der Waals surface area contributed by atoms with Crippen LogP contribution in [0.2, 0.25) is 10.0 Å². The molecule has 0 radical (unpaired) electrons. The van der Waals surface area contributed by atoms with Crippen molar-refractivity contribution in [2.75, 3.05) is 13.7 Å². The Morgan fingerprint density at radius 1 is 0.648 bits per heavy atom. The number of phenols is 3. The van der Waals surface area contributed by atoms with Crippen molar-refractivity contribution in [3.63, 3.8) is 0 Å². The highest BCUT2D eigenvalue weighted by Crippen LogP contribution is 2.51. The first-order chi connectivity index (χ1) is 59.3. The second-order valence-electron chi connectivity index (χ2n) is 32.6. The zero-order valence-electron chi connectivity index (χ0n) is 68.4. The van der Waals surface area contributed by atoms with Crippen molar-refractivity contribution >= 4 is 82.3 Å². The molecular formula is C86H98Cl2N10O26S. The lowest BCUT2D eigenvalue weighted by Gasteiger charge is -2.48. The molecule has 0 unspecified atom stereocenters. The van der Waals surface area contributed by atoms with E-state index in [1.807, 2.05) is 68.4 Å².